The highest BCUT2D eigenvalue weighted by molar-refractivity contribution is 6.26. The number of carbonyl (C=O) groups is 2. The summed E-state index contributed by atoms with van der Waals surface area (Å²) in [5.41, 5.74) is 6.33. The Labute approximate surface area is 200 Å². The van der Waals surface area contributed by atoms with E-state index in [2.05, 4.69) is 32.9 Å². The predicted octanol–water partition coefficient (Wildman–Crippen LogP) is 5.34. The molecular weight excluding hydrogens is 428 g/mol. The third-order valence-electron chi connectivity index (χ3n) is 7.76. The van der Waals surface area contributed by atoms with Gasteiger partial charge in [0.1, 0.15) is 5.76 Å². The van der Waals surface area contributed by atoms with Crippen LogP contribution in [0.4, 0.5) is 0 Å². The maximum Gasteiger partial charge on any atom is 0.338 e. The molecule has 3 aliphatic rings. The van der Waals surface area contributed by atoms with Gasteiger partial charge in [-0.15, -0.1) is 0 Å². The number of aliphatic hydroxyl groups excluding tert-OH is 1. The van der Waals surface area contributed by atoms with Gasteiger partial charge < -0.3 is 14.6 Å². The number of esters is 1. The minimum absolute atomic E-state index is 0.0157. The van der Waals surface area contributed by atoms with Crippen LogP contribution in [0, 0.1) is 18.8 Å². The zero-order valence-corrected chi connectivity index (χ0v) is 20.3. The van der Waals surface area contributed by atoms with E-state index in [-0.39, 0.29) is 47.5 Å². The number of aliphatic hydroxyl groups is 1. The number of rotatable bonds is 6. The van der Waals surface area contributed by atoms with E-state index in [4.69, 9.17) is 9.47 Å². The SMILES string of the molecule is CCOC(=O)c1cccc([C@@H]2C[C@@H]3O[C@H]2[C@H]2C(O)=C(c4c(CC)cc(C)cc4CC)C(=O)[C@H]23)c1. The Morgan fingerprint density at radius 3 is 2.44 bits per heavy atom. The molecule has 0 saturated carbocycles. The van der Waals surface area contributed by atoms with Crippen LogP contribution >= 0.6 is 0 Å². The highest BCUT2D eigenvalue weighted by Crippen LogP contribution is 2.58. The molecule has 2 aromatic rings. The van der Waals surface area contributed by atoms with Crippen molar-refractivity contribution in [3.63, 3.8) is 0 Å². The second-order valence-corrected chi connectivity index (χ2v) is 9.67. The van der Waals surface area contributed by atoms with Gasteiger partial charge in [-0.05, 0) is 67.5 Å². The normalized spacial score (nSPS) is 27.4. The zero-order valence-electron chi connectivity index (χ0n) is 20.3. The van der Waals surface area contributed by atoms with E-state index in [0.717, 1.165) is 35.1 Å². The Bertz CT molecular complexity index is 1170. The molecule has 2 saturated heterocycles. The summed E-state index contributed by atoms with van der Waals surface area (Å²) in [4.78, 5) is 26.0. The number of aryl methyl sites for hydroxylation is 3. The number of allylic oxidation sites excluding steroid dienone is 1. The number of hydrogen-bond donors (Lipinski definition) is 1. The fourth-order valence-corrected chi connectivity index (χ4v) is 6.36. The highest BCUT2D eigenvalue weighted by atomic mass is 16.5. The summed E-state index contributed by atoms with van der Waals surface area (Å²) in [5, 5.41) is 11.5. The Morgan fingerprint density at radius 2 is 1.79 bits per heavy atom. The molecule has 0 radical (unpaired) electrons. The lowest BCUT2D eigenvalue weighted by Crippen LogP contribution is -2.33. The number of benzene rings is 2. The molecule has 5 nitrogen and oxygen atoms in total. The predicted molar refractivity (Wildman–Crippen MR) is 130 cm³/mol. The first-order valence-corrected chi connectivity index (χ1v) is 12.4. The standard InChI is InChI=1S/C29H32O5/c1-5-16-11-15(4)12-17(6-2)22(16)24-26(30)23-21-14-20(28(34-21)25(23)27(24)31)18-9-8-10-19(13-18)29(32)33-7-3/h8-13,20-21,23,25,28,31H,5-7,14H2,1-4H3/t20-,21-,23-,25+,28+/m0/s1. The fourth-order valence-electron chi connectivity index (χ4n) is 6.36. The van der Waals surface area contributed by atoms with E-state index in [9.17, 15) is 14.7 Å². The van der Waals surface area contributed by atoms with Crippen molar-refractivity contribution >= 4 is 17.3 Å². The van der Waals surface area contributed by atoms with Crippen LogP contribution in [0.2, 0.25) is 0 Å². The van der Waals surface area contributed by atoms with Crippen LogP contribution in [0.5, 0.6) is 0 Å². The molecule has 2 fully saturated rings. The maximum absolute atomic E-state index is 13.7. The van der Waals surface area contributed by atoms with Gasteiger partial charge in [-0.2, -0.15) is 0 Å². The maximum atomic E-state index is 13.7. The first-order valence-electron chi connectivity index (χ1n) is 12.4. The highest BCUT2D eigenvalue weighted by Gasteiger charge is 2.62. The molecule has 5 rings (SSSR count). The summed E-state index contributed by atoms with van der Waals surface area (Å²) in [5.74, 6) is -0.799. The molecule has 0 aromatic heterocycles. The Balaban J connectivity index is 1.53. The molecule has 0 unspecified atom stereocenters. The van der Waals surface area contributed by atoms with Crippen LogP contribution in [0.1, 0.15) is 71.3 Å². The van der Waals surface area contributed by atoms with Crippen LogP contribution in [-0.4, -0.2) is 35.7 Å². The first kappa shape index (κ1) is 22.9. The molecule has 1 aliphatic carbocycles. The van der Waals surface area contributed by atoms with E-state index < -0.39 is 0 Å². The van der Waals surface area contributed by atoms with Crippen molar-refractivity contribution in [2.24, 2.45) is 11.8 Å². The van der Waals surface area contributed by atoms with Crippen molar-refractivity contribution in [2.45, 2.75) is 65.1 Å². The fraction of sp³-hybridized carbons (Fsp3) is 0.448. The van der Waals surface area contributed by atoms with Crippen molar-refractivity contribution in [3.8, 4) is 0 Å². The lowest BCUT2D eigenvalue weighted by Gasteiger charge is -2.28. The minimum Gasteiger partial charge on any atom is -0.511 e. The third-order valence-corrected chi connectivity index (χ3v) is 7.76. The van der Waals surface area contributed by atoms with E-state index in [0.29, 0.717) is 24.2 Å². The average Bonchev–Trinajstić information content (AvgIpc) is 3.50. The summed E-state index contributed by atoms with van der Waals surface area (Å²) in [6.07, 6.45) is 1.81. The molecule has 2 aliphatic heterocycles. The van der Waals surface area contributed by atoms with Crippen molar-refractivity contribution in [1.29, 1.82) is 0 Å². The quantitative estimate of drug-likeness (QED) is 0.590. The minimum atomic E-state index is -0.342. The number of fused-ring (bicyclic) bond motifs is 5. The zero-order chi connectivity index (χ0) is 24.1. The molecule has 5 heteroatoms. The number of ether oxygens (including phenoxy) is 2. The first-order chi connectivity index (χ1) is 16.4. The number of ketones is 1. The number of carbonyl (C=O) groups excluding carboxylic acids is 2. The molecule has 0 spiro atoms. The van der Waals surface area contributed by atoms with Gasteiger partial charge >= 0.3 is 5.97 Å². The van der Waals surface area contributed by atoms with Crippen molar-refractivity contribution in [3.05, 3.63) is 75.5 Å². The molecule has 34 heavy (non-hydrogen) atoms. The van der Waals surface area contributed by atoms with Crippen molar-refractivity contribution in [1.82, 2.24) is 0 Å². The summed E-state index contributed by atoms with van der Waals surface area (Å²) in [6, 6.07) is 11.7. The van der Waals surface area contributed by atoms with Gasteiger partial charge in [0.05, 0.1) is 41.8 Å². The van der Waals surface area contributed by atoms with Crippen LogP contribution in [0.25, 0.3) is 5.57 Å². The number of Topliss-reactive ketones (excluding diaryl/α,β-unsaturated/α-hetero) is 1. The molecule has 0 amide bonds. The third kappa shape index (κ3) is 3.40. The topological polar surface area (TPSA) is 72.8 Å². The van der Waals surface area contributed by atoms with E-state index in [1.54, 1.807) is 13.0 Å². The number of hydrogen-bond acceptors (Lipinski definition) is 5. The smallest absolute Gasteiger partial charge is 0.338 e. The van der Waals surface area contributed by atoms with Crippen molar-refractivity contribution < 1.29 is 24.2 Å². The molecule has 2 heterocycles. The van der Waals surface area contributed by atoms with E-state index >= 15 is 0 Å². The summed E-state index contributed by atoms with van der Waals surface area (Å²) >= 11 is 0. The van der Waals surface area contributed by atoms with Crippen LogP contribution in [0.3, 0.4) is 0 Å². The van der Waals surface area contributed by atoms with Gasteiger partial charge in [-0.1, -0.05) is 43.7 Å². The monoisotopic (exact) mass is 460 g/mol. The Hall–Kier alpha value is -2.92. The lowest BCUT2D eigenvalue weighted by molar-refractivity contribution is -0.118. The van der Waals surface area contributed by atoms with Gasteiger partial charge in [-0.3, -0.25) is 4.79 Å². The van der Waals surface area contributed by atoms with Crippen LogP contribution in [0.15, 0.2) is 42.2 Å². The van der Waals surface area contributed by atoms with Gasteiger partial charge in [0.15, 0.2) is 5.78 Å². The van der Waals surface area contributed by atoms with Gasteiger partial charge in [-0.25, -0.2) is 4.79 Å². The van der Waals surface area contributed by atoms with E-state index in [1.165, 1.54) is 5.56 Å². The molecule has 5 atom stereocenters. The van der Waals surface area contributed by atoms with E-state index in [1.807, 2.05) is 18.2 Å². The van der Waals surface area contributed by atoms with Gasteiger partial charge in [0.25, 0.3) is 0 Å². The average molecular weight is 461 g/mol. The Morgan fingerprint density at radius 1 is 1.09 bits per heavy atom. The Kier molecular flexibility index (Phi) is 5.85. The second kappa shape index (κ2) is 8.70. The summed E-state index contributed by atoms with van der Waals surface area (Å²) < 4.78 is 11.4. The largest absolute Gasteiger partial charge is 0.511 e. The lowest BCUT2D eigenvalue weighted by atomic mass is 9.72. The van der Waals surface area contributed by atoms with Crippen LogP contribution in [-0.2, 0) is 27.1 Å². The summed E-state index contributed by atoms with van der Waals surface area (Å²) in [6.45, 7) is 8.37. The molecule has 2 aromatic carbocycles. The van der Waals surface area contributed by atoms with Crippen molar-refractivity contribution in [2.75, 3.05) is 6.61 Å². The molecule has 1 N–H and O–H groups in total. The molecule has 178 valence electrons. The second-order valence-electron chi connectivity index (χ2n) is 9.67. The van der Waals surface area contributed by atoms with Gasteiger partial charge in [0.2, 0.25) is 0 Å². The molecular formula is C29H32O5. The van der Waals surface area contributed by atoms with Gasteiger partial charge in [0, 0.05) is 5.92 Å². The summed E-state index contributed by atoms with van der Waals surface area (Å²) in [7, 11) is 0. The van der Waals surface area contributed by atoms with Crippen LogP contribution < -0.4 is 0 Å². The molecule has 2 bridgehead atoms.